The first-order chi connectivity index (χ1) is 12.0. The Labute approximate surface area is 150 Å². The summed E-state index contributed by atoms with van der Waals surface area (Å²) in [7, 11) is 0. The average Bonchev–Trinajstić information content (AvgIpc) is 3.26. The fourth-order valence-corrected chi connectivity index (χ4v) is 3.90. The molecule has 0 unspecified atom stereocenters. The van der Waals surface area contributed by atoms with Crippen molar-refractivity contribution < 1.29 is 9.53 Å². The number of ether oxygens (including phenoxy) is 1. The largest absolute Gasteiger partial charge is 0.370 e. The second-order valence-corrected chi connectivity index (χ2v) is 7.40. The maximum atomic E-state index is 12.5. The van der Waals surface area contributed by atoms with Crippen LogP contribution in [0.5, 0.6) is 0 Å². The minimum absolute atomic E-state index is 0.0790. The number of carbonyl (C=O) groups excluding carboxylic acids is 1. The van der Waals surface area contributed by atoms with Gasteiger partial charge in [0.2, 0.25) is 5.91 Å². The third kappa shape index (κ3) is 3.69. The van der Waals surface area contributed by atoms with Crippen LogP contribution < -0.4 is 11.0 Å². The van der Waals surface area contributed by atoms with E-state index in [0.29, 0.717) is 31.4 Å². The van der Waals surface area contributed by atoms with E-state index in [2.05, 4.69) is 17.3 Å². The van der Waals surface area contributed by atoms with Gasteiger partial charge in [-0.1, -0.05) is 6.92 Å². The molecule has 0 radical (unpaired) electrons. The van der Waals surface area contributed by atoms with Gasteiger partial charge in [-0.3, -0.25) is 9.36 Å². The zero-order valence-corrected chi connectivity index (χ0v) is 15.6. The van der Waals surface area contributed by atoms with Crippen LogP contribution >= 0.6 is 11.3 Å². The standard InChI is InChI=1S/C17H24N4O3S/c1-4-20-16(15-12(3)5-7-24-15)19-21(17(20)23)10-14(22)18-9-13-11(2)6-8-25-13/h6,8,12,15H,4-5,7,9-10H2,1-3H3,(H,18,22)/t12-,15+/m1/s1. The number of hydrogen-bond donors (Lipinski definition) is 1. The molecule has 3 rings (SSSR count). The van der Waals surface area contributed by atoms with Crippen LogP contribution in [0.4, 0.5) is 0 Å². The van der Waals surface area contributed by atoms with Crippen LogP contribution in [0.25, 0.3) is 0 Å². The lowest BCUT2D eigenvalue weighted by atomic mass is 10.0. The van der Waals surface area contributed by atoms with E-state index in [0.717, 1.165) is 16.9 Å². The van der Waals surface area contributed by atoms with Crippen molar-refractivity contribution in [2.45, 2.75) is 52.9 Å². The van der Waals surface area contributed by atoms with Crippen molar-refractivity contribution in [3.63, 3.8) is 0 Å². The first-order valence-electron chi connectivity index (χ1n) is 8.60. The lowest BCUT2D eigenvalue weighted by Crippen LogP contribution is -2.33. The smallest absolute Gasteiger partial charge is 0.346 e. The minimum atomic E-state index is -0.261. The number of hydrogen-bond acceptors (Lipinski definition) is 5. The number of aromatic nitrogens is 3. The fourth-order valence-electron chi connectivity index (χ4n) is 3.05. The van der Waals surface area contributed by atoms with Gasteiger partial charge in [0, 0.05) is 18.0 Å². The molecule has 136 valence electrons. The normalized spacial score (nSPS) is 20.1. The zero-order chi connectivity index (χ0) is 18.0. The van der Waals surface area contributed by atoms with Gasteiger partial charge in [0.05, 0.1) is 6.54 Å². The summed E-state index contributed by atoms with van der Waals surface area (Å²) >= 11 is 1.61. The highest BCUT2D eigenvalue weighted by Gasteiger charge is 2.31. The van der Waals surface area contributed by atoms with E-state index in [-0.39, 0.29) is 24.2 Å². The summed E-state index contributed by atoms with van der Waals surface area (Å²) in [6.07, 6.45) is 0.779. The van der Waals surface area contributed by atoms with Crippen LogP contribution in [-0.4, -0.2) is 26.9 Å². The van der Waals surface area contributed by atoms with Crippen molar-refractivity contribution in [2.24, 2.45) is 5.92 Å². The predicted octanol–water partition coefficient (Wildman–Crippen LogP) is 1.85. The SMILES string of the molecule is CCn1c([C@H]2OCC[C@H]2C)nn(CC(=O)NCc2sccc2C)c1=O. The maximum absolute atomic E-state index is 12.5. The van der Waals surface area contributed by atoms with Crippen molar-refractivity contribution in [2.75, 3.05) is 6.61 Å². The molecule has 8 heteroatoms. The second-order valence-electron chi connectivity index (χ2n) is 6.40. The molecule has 25 heavy (non-hydrogen) atoms. The molecule has 1 saturated heterocycles. The molecule has 1 N–H and O–H groups in total. The number of aryl methyl sites for hydroxylation is 1. The highest BCUT2D eigenvalue weighted by molar-refractivity contribution is 7.10. The van der Waals surface area contributed by atoms with Gasteiger partial charge in [-0.05, 0) is 43.2 Å². The topological polar surface area (TPSA) is 78.2 Å². The Bertz CT molecular complexity index is 807. The molecule has 0 saturated carbocycles. The van der Waals surface area contributed by atoms with Crippen LogP contribution in [0, 0.1) is 12.8 Å². The molecular formula is C17H24N4O3S. The van der Waals surface area contributed by atoms with E-state index < -0.39 is 0 Å². The van der Waals surface area contributed by atoms with Gasteiger partial charge < -0.3 is 10.1 Å². The van der Waals surface area contributed by atoms with E-state index in [1.165, 1.54) is 4.68 Å². The molecule has 0 bridgehead atoms. The van der Waals surface area contributed by atoms with Gasteiger partial charge in [0.25, 0.3) is 0 Å². The number of carbonyl (C=O) groups is 1. The highest BCUT2D eigenvalue weighted by atomic mass is 32.1. The molecule has 2 aromatic heterocycles. The van der Waals surface area contributed by atoms with Gasteiger partial charge in [-0.15, -0.1) is 11.3 Å². The Morgan fingerprint density at radius 3 is 2.92 bits per heavy atom. The third-order valence-electron chi connectivity index (χ3n) is 4.62. The van der Waals surface area contributed by atoms with Crippen molar-refractivity contribution in [3.8, 4) is 0 Å². The molecule has 1 amide bonds. The maximum Gasteiger partial charge on any atom is 0.346 e. The Balaban J connectivity index is 1.71. The molecular weight excluding hydrogens is 340 g/mol. The van der Waals surface area contributed by atoms with Gasteiger partial charge in [-0.25, -0.2) is 9.48 Å². The van der Waals surface area contributed by atoms with Gasteiger partial charge in [0.1, 0.15) is 12.6 Å². The van der Waals surface area contributed by atoms with E-state index in [1.54, 1.807) is 15.9 Å². The lowest BCUT2D eigenvalue weighted by Gasteiger charge is -2.13. The number of nitrogens with one attached hydrogen (secondary N) is 1. The van der Waals surface area contributed by atoms with E-state index >= 15 is 0 Å². The summed E-state index contributed by atoms with van der Waals surface area (Å²) in [5.41, 5.74) is 0.898. The number of thiophene rings is 1. The molecule has 2 aromatic rings. The van der Waals surface area contributed by atoms with E-state index in [4.69, 9.17) is 4.74 Å². The summed E-state index contributed by atoms with van der Waals surface area (Å²) in [5, 5.41) is 9.26. The van der Waals surface area contributed by atoms with Crippen molar-refractivity contribution in [3.05, 3.63) is 38.2 Å². The van der Waals surface area contributed by atoms with E-state index in [9.17, 15) is 9.59 Å². The Morgan fingerprint density at radius 2 is 2.32 bits per heavy atom. The molecule has 3 heterocycles. The van der Waals surface area contributed by atoms with Gasteiger partial charge >= 0.3 is 5.69 Å². The molecule has 1 aliphatic heterocycles. The van der Waals surface area contributed by atoms with Crippen molar-refractivity contribution in [1.29, 1.82) is 0 Å². The summed E-state index contributed by atoms with van der Waals surface area (Å²) < 4.78 is 8.58. The molecule has 0 aliphatic carbocycles. The Morgan fingerprint density at radius 1 is 1.52 bits per heavy atom. The molecule has 7 nitrogen and oxygen atoms in total. The van der Waals surface area contributed by atoms with Crippen LogP contribution in [0.2, 0.25) is 0 Å². The monoisotopic (exact) mass is 364 g/mol. The summed E-state index contributed by atoms with van der Waals surface area (Å²) in [6.45, 7) is 7.59. The Hall–Kier alpha value is -1.93. The van der Waals surface area contributed by atoms with Crippen molar-refractivity contribution >= 4 is 17.2 Å². The fraction of sp³-hybridized carbons (Fsp3) is 0.588. The van der Waals surface area contributed by atoms with Gasteiger partial charge in [0.15, 0.2) is 5.82 Å². The molecule has 0 aromatic carbocycles. The number of nitrogens with zero attached hydrogens (tertiary/aromatic N) is 3. The first-order valence-corrected chi connectivity index (χ1v) is 9.48. The second kappa shape index (κ2) is 7.53. The van der Waals surface area contributed by atoms with Crippen LogP contribution in [0.15, 0.2) is 16.2 Å². The zero-order valence-electron chi connectivity index (χ0n) is 14.8. The molecule has 1 aliphatic rings. The van der Waals surface area contributed by atoms with E-state index in [1.807, 2.05) is 25.3 Å². The van der Waals surface area contributed by atoms with Crippen LogP contribution in [0.1, 0.15) is 42.6 Å². The lowest BCUT2D eigenvalue weighted by molar-refractivity contribution is -0.122. The summed E-state index contributed by atoms with van der Waals surface area (Å²) in [4.78, 5) is 25.9. The molecule has 0 spiro atoms. The van der Waals surface area contributed by atoms with Crippen LogP contribution in [0.3, 0.4) is 0 Å². The highest BCUT2D eigenvalue weighted by Crippen LogP contribution is 2.32. The minimum Gasteiger partial charge on any atom is -0.370 e. The van der Waals surface area contributed by atoms with Crippen LogP contribution in [-0.2, 0) is 29.2 Å². The Kier molecular flexibility index (Phi) is 5.39. The number of rotatable bonds is 6. The van der Waals surface area contributed by atoms with Crippen molar-refractivity contribution in [1.82, 2.24) is 19.7 Å². The summed E-state index contributed by atoms with van der Waals surface area (Å²) in [5.74, 6) is 0.721. The van der Waals surface area contributed by atoms with Gasteiger partial charge in [-0.2, -0.15) is 5.10 Å². The molecule has 2 atom stereocenters. The predicted molar refractivity (Wildman–Crippen MR) is 95.5 cm³/mol. The summed E-state index contributed by atoms with van der Waals surface area (Å²) in [6, 6.07) is 2.02. The number of amides is 1. The quantitative estimate of drug-likeness (QED) is 0.848. The molecule has 1 fully saturated rings. The average molecular weight is 364 g/mol. The first kappa shape index (κ1) is 17.9. The third-order valence-corrected chi connectivity index (χ3v) is 5.64.